The third-order valence-corrected chi connectivity index (χ3v) is 4.46. The van der Waals surface area contributed by atoms with Crippen molar-refractivity contribution in [2.24, 2.45) is 11.8 Å². The van der Waals surface area contributed by atoms with Crippen LogP contribution in [-0.2, 0) is 4.79 Å². The summed E-state index contributed by atoms with van der Waals surface area (Å²) < 4.78 is 0. The Morgan fingerprint density at radius 2 is 2.06 bits per heavy atom. The van der Waals surface area contributed by atoms with E-state index in [-0.39, 0.29) is 12.0 Å². The smallest absolute Gasteiger partial charge is 0.236 e. The normalized spacial score (nSPS) is 38.6. The summed E-state index contributed by atoms with van der Waals surface area (Å²) >= 11 is 0. The highest BCUT2D eigenvalue weighted by atomic mass is 16.3. The van der Waals surface area contributed by atoms with E-state index in [9.17, 15) is 9.90 Å². The summed E-state index contributed by atoms with van der Waals surface area (Å²) in [6.45, 7) is 4.40. The molecule has 1 amide bonds. The van der Waals surface area contributed by atoms with Gasteiger partial charge in [-0.1, -0.05) is 0 Å². The molecule has 0 aromatic heterocycles. The first-order chi connectivity index (χ1) is 7.74. The monoisotopic (exact) mass is 224 g/mol. The van der Waals surface area contributed by atoms with E-state index in [1.54, 1.807) is 0 Å². The second-order valence-electron chi connectivity index (χ2n) is 5.50. The molecule has 1 saturated carbocycles. The highest BCUT2D eigenvalue weighted by Crippen LogP contribution is 2.37. The molecular weight excluding hydrogens is 204 g/mol. The van der Waals surface area contributed by atoms with Crippen LogP contribution in [0, 0.1) is 11.8 Å². The lowest BCUT2D eigenvalue weighted by atomic mass is 10.00. The number of amides is 1. The first-order valence-corrected chi connectivity index (χ1v) is 6.42. The Labute approximate surface area is 96.2 Å². The lowest BCUT2D eigenvalue weighted by Gasteiger charge is -2.32. The fraction of sp³-hybridized carbons (Fsp3) is 0.917. The van der Waals surface area contributed by atoms with Crippen LogP contribution in [-0.4, -0.2) is 59.6 Å². The van der Waals surface area contributed by atoms with Crippen LogP contribution in [0.15, 0.2) is 0 Å². The number of nitrogens with zero attached hydrogens (tertiary/aromatic N) is 2. The second-order valence-corrected chi connectivity index (χ2v) is 5.50. The summed E-state index contributed by atoms with van der Waals surface area (Å²) in [6, 6.07) is 0. The van der Waals surface area contributed by atoms with Crippen molar-refractivity contribution in [2.45, 2.75) is 25.4 Å². The Hall–Kier alpha value is -0.610. The maximum Gasteiger partial charge on any atom is 0.236 e. The predicted molar refractivity (Wildman–Crippen MR) is 59.9 cm³/mol. The molecule has 0 radical (unpaired) electrons. The second kappa shape index (κ2) is 4.00. The summed E-state index contributed by atoms with van der Waals surface area (Å²) in [5, 5.41) is 9.80. The molecule has 3 unspecified atom stereocenters. The Kier molecular flexibility index (Phi) is 2.64. The number of rotatable bonds is 2. The zero-order valence-electron chi connectivity index (χ0n) is 9.64. The van der Waals surface area contributed by atoms with E-state index >= 15 is 0 Å². The number of likely N-dealkylation sites (tertiary alicyclic amines) is 2. The van der Waals surface area contributed by atoms with Gasteiger partial charge in [0.25, 0.3) is 0 Å². The van der Waals surface area contributed by atoms with Crippen molar-refractivity contribution in [1.82, 2.24) is 9.80 Å². The number of carbonyl (C=O) groups is 1. The van der Waals surface area contributed by atoms with E-state index in [1.807, 2.05) is 4.90 Å². The van der Waals surface area contributed by atoms with Gasteiger partial charge in [0.1, 0.15) is 0 Å². The molecule has 0 bridgehead atoms. The van der Waals surface area contributed by atoms with Gasteiger partial charge in [0.05, 0.1) is 12.6 Å². The molecule has 0 aromatic rings. The fourth-order valence-corrected chi connectivity index (χ4v) is 3.31. The van der Waals surface area contributed by atoms with Gasteiger partial charge in [-0.05, 0) is 25.2 Å². The molecule has 3 fully saturated rings. The fourth-order valence-electron chi connectivity index (χ4n) is 3.31. The van der Waals surface area contributed by atoms with Crippen LogP contribution in [0.5, 0.6) is 0 Å². The van der Waals surface area contributed by atoms with Gasteiger partial charge in [0, 0.05) is 32.1 Å². The minimum Gasteiger partial charge on any atom is -0.393 e. The SMILES string of the molecule is O=C(CN1CC2CCC(O)C2C1)N1CCC1. The number of aliphatic hydroxyl groups is 1. The van der Waals surface area contributed by atoms with Crippen molar-refractivity contribution in [3.8, 4) is 0 Å². The molecule has 1 aliphatic carbocycles. The molecule has 90 valence electrons. The van der Waals surface area contributed by atoms with Gasteiger partial charge in [-0.3, -0.25) is 9.69 Å². The van der Waals surface area contributed by atoms with Crippen molar-refractivity contribution in [3.63, 3.8) is 0 Å². The molecule has 4 heteroatoms. The van der Waals surface area contributed by atoms with Crippen molar-refractivity contribution in [3.05, 3.63) is 0 Å². The van der Waals surface area contributed by atoms with E-state index in [0.29, 0.717) is 18.4 Å². The van der Waals surface area contributed by atoms with Crippen LogP contribution in [0.2, 0.25) is 0 Å². The molecule has 3 atom stereocenters. The number of hydrogen-bond donors (Lipinski definition) is 1. The predicted octanol–water partition coefficient (Wildman–Crippen LogP) is -0.0786. The van der Waals surface area contributed by atoms with Crippen molar-refractivity contribution in [2.75, 3.05) is 32.7 Å². The van der Waals surface area contributed by atoms with Crippen molar-refractivity contribution >= 4 is 5.91 Å². The topological polar surface area (TPSA) is 43.8 Å². The summed E-state index contributed by atoms with van der Waals surface area (Å²) in [4.78, 5) is 16.0. The molecule has 16 heavy (non-hydrogen) atoms. The van der Waals surface area contributed by atoms with Crippen molar-refractivity contribution < 1.29 is 9.90 Å². The van der Waals surface area contributed by atoms with Gasteiger partial charge in [0.2, 0.25) is 5.91 Å². The molecule has 2 saturated heterocycles. The molecule has 3 rings (SSSR count). The molecule has 3 aliphatic rings. The molecule has 4 nitrogen and oxygen atoms in total. The number of fused-ring (bicyclic) bond motifs is 1. The van der Waals surface area contributed by atoms with Crippen LogP contribution in [0.25, 0.3) is 0 Å². The molecule has 2 aliphatic heterocycles. The minimum atomic E-state index is -0.117. The zero-order valence-corrected chi connectivity index (χ0v) is 9.64. The number of carbonyl (C=O) groups excluding carboxylic acids is 1. The van der Waals surface area contributed by atoms with Crippen LogP contribution in [0.4, 0.5) is 0 Å². The van der Waals surface area contributed by atoms with Gasteiger partial charge in [-0.25, -0.2) is 0 Å². The summed E-state index contributed by atoms with van der Waals surface area (Å²) in [7, 11) is 0. The Morgan fingerprint density at radius 3 is 2.69 bits per heavy atom. The average molecular weight is 224 g/mol. The minimum absolute atomic E-state index is 0.117. The highest BCUT2D eigenvalue weighted by molar-refractivity contribution is 5.79. The largest absolute Gasteiger partial charge is 0.393 e. The van der Waals surface area contributed by atoms with Crippen LogP contribution in [0.1, 0.15) is 19.3 Å². The molecule has 1 N–H and O–H groups in total. The standard InChI is InChI=1S/C12H20N2O2/c15-11-3-2-9-6-13(7-10(9)11)8-12(16)14-4-1-5-14/h9-11,15H,1-8H2. The van der Waals surface area contributed by atoms with Gasteiger partial charge in [-0.2, -0.15) is 0 Å². The Bertz CT molecular complexity index is 291. The van der Waals surface area contributed by atoms with Crippen LogP contribution >= 0.6 is 0 Å². The summed E-state index contributed by atoms with van der Waals surface area (Å²) in [5.41, 5.74) is 0. The lowest BCUT2D eigenvalue weighted by Crippen LogP contribution is -2.47. The average Bonchev–Trinajstić information content (AvgIpc) is 2.66. The van der Waals surface area contributed by atoms with Gasteiger partial charge >= 0.3 is 0 Å². The Morgan fingerprint density at radius 1 is 1.25 bits per heavy atom. The van der Waals surface area contributed by atoms with E-state index in [4.69, 9.17) is 0 Å². The van der Waals surface area contributed by atoms with Crippen molar-refractivity contribution in [1.29, 1.82) is 0 Å². The first kappa shape index (κ1) is 10.5. The summed E-state index contributed by atoms with van der Waals surface area (Å²) in [6.07, 6.45) is 3.15. The van der Waals surface area contributed by atoms with E-state index < -0.39 is 0 Å². The van der Waals surface area contributed by atoms with E-state index in [2.05, 4.69) is 4.90 Å². The maximum absolute atomic E-state index is 11.8. The third-order valence-electron chi connectivity index (χ3n) is 4.46. The highest BCUT2D eigenvalue weighted by Gasteiger charge is 2.42. The number of aliphatic hydroxyl groups excluding tert-OH is 1. The molecule has 0 aromatic carbocycles. The zero-order chi connectivity index (χ0) is 11.1. The summed E-state index contributed by atoms with van der Waals surface area (Å²) in [5.74, 6) is 1.35. The van der Waals surface area contributed by atoms with Crippen LogP contribution < -0.4 is 0 Å². The maximum atomic E-state index is 11.8. The van der Waals surface area contributed by atoms with Gasteiger partial charge < -0.3 is 10.0 Å². The quantitative estimate of drug-likeness (QED) is 0.713. The van der Waals surface area contributed by atoms with Crippen LogP contribution in [0.3, 0.4) is 0 Å². The lowest BCUT2D eigenvalue weighted by molar-refractivity contribution is -0.135. The molecule has 0 spiro atoms. The van der Waals surface area contributed by atoms with E-state index in [1.165, 1.54) is 0 Å². The number of hydrogen-bond acceptors (Lipinski definition) is 3. The van der Waals surface area contributed by atoms with Gasteiger partial charge in [0.15, 0.2) is 0 Å². The van der Waals surface area contributed by atoms with Gasteiger partial charge in [-0.15, -0.1) is 0 Å². The molecule has 2 heterocycles. The third kappa shape index (κ3) is 1.74. The van der Waals surface area contributed by atoms with E-state index in [0.717, 1.165) is 45.4 Å². The Balaban J connectivity index is 1.52. The first-order valence-electron chi connectivity index (χ1n) is 6.42. The molecular formula is C12H20N2O2.